The molecule has 0 aliphatic carbocycles. The minimum atomic E-state index is -0.693. The zero-order valence-corrected chi connectivity index (χ0v) is 14.6. The molecule has 2 atom stereocenters. The molecule has 1 saturated heterocycles. The molecule has 0 spiro atoms. The van der Waals surface area contributed by atoms with Crippen molar-refractivity contribution in [2.24, 2.45) is 5.92 Å². The van der Waals surface area contributed by atoms with Gasteiger partial charge in [-0.25, -0.2) is 4.39 Å². The molecular formula is C18H24FN3O2. The summed E-state index contributed by atoms with van der Waals surface area (Å²) in [7, 11) is 1.66. The number of benzene rings is 1. The van der Waals surface area contributed by atoms with Gasteiger partial charge in [0.15, 0.2) is 0 Å². The average Bonchev–Trinajstić information content (AvgIpc) is 2.56. The lowest BCUT2D eigenvalue weighted by atomic mass is 9.86. The Morgan fingerprint density at radius 2 is 2.21 bits per heavy atom. The molecule has 0 aromatic heterocycles. The summed E-state index contributed by atoms with van der Waals surface area (Å²) in [6, 6.07) is 5.74. The Bertz CT molecular complexity index is 667. The van der Waals surface area contributed by atoms with Crippen LogP contribution in [0.3, 0.4) is 0 Å². The second-order valence-corrected chi connectivity index (χ2v) is 6.63. The van der Waals surface area contributed by atoms with Gasteiger partial charge in [-0.3, -0.25) is 9.69 Å². The number of nitrogens with zero attached hydrogens (tertiary/aromatic N) is 3. The largest absolute Gasteiger partial charge is 0.390 e. The van der Waals surface area contributed by atoms with Crippen molar-refractivity contribution in [1.82, 2.24) is 9.80 Å². The van der Waals surface area contributed by atoms with Gasteiger partial charge in [0.05, 0.1) is 29.0 Å². The Morgan fingerprint density at radius 3 is 2.67 bits per heavy atom. The highest BCUT2D eigenvalue weighted by atomic mass is 19.1. The minimum absolute atomic E-state index is 0.0490. The van der Waals surface area contributed by atoms with Gasteiger partial charge in [-0.2, -0.15) is 5.26 Å². The Kier molecular flexibility index (Phi) is 5.26. The van der Waals surface area contributed by atoms with E-state index in [0.29, 0.717) is 13.1 Å². The summed E-state index contributed by atoms with van der Waals surface area (Å²) in [5, 5.41) is 18.5. The third kappa shape index (κ3) is 3.02. The van der Waals surface area contributed by atoms with Crippen molar-refractivity contribution in [1.29, 1.82) is 5.26 Å². The Morgan fingerprint density at radius 1 is 1.58 bits per heavy atom. The van der Waals surface area contributed by atoms with E-state index in [4.69, 9.17) is 5.26 Å². The van der Waals surface area contributed by atoms with Gasteiger partial charge in [0, 0.05) is 20.1 Å². The van der Waals surface area contributed by atoms with Crippen LogP contribution in [0.4, 0.5) is 4.39 Å². The summed E-state index contributed by atoms with van der Waals surface area (Å²) in [6.45, 7) is 7.03. The van der Waals surface area contributed by atoms with Gasteiger partial charge in [-0.05, 0) is 31.0 Å². The summed E-state index contributed by atoms with van der Waals surface area (Å²) in [5.41, 5.74) is -0.486. The Hall–Kier alpha value is -1.97. The summed E-state index contributed by atoms with van der Waals surface area (Å²) >= 11 is 0. The highest BCUT2D eigenvalue weighted by molar-refractivity contribution is 5.95. The predicted octanol–water partition coefficient (Wildman–Crippen LogP) is 2.21. The van der Waals surface area contributed by atoms with Crippen molar-refractivity contribution in [2.45, 2.75) is 39.0 Å². The molecule has 1 aliphatic rings. The van der Waals surface area contributed by atoms with E-state index in [9.17, 15) is 14.3 Å². The first-order valence-electron chi connectivity index (χ1n) is 8.16. The molecule has 0 radical (unpaired) electrons. The Balaban J connectivity index is 2.34. The predicted molar refractivity (Wildman–Crippen MR) is 88.6 cm³/mol. The fourth-order valence-electron chi connectivity index (χ4n) is 3.21. The maximum absolute atomic E-state index is 14.2. The van der Waals surface area contributed by atoms with Gasteiger partial charge in [0.2, 0.25) is 0 Å². The second-order valence-electron chi connectivity index (χ2n) is 6.63. The lowest BCUT2D eigenvalue weighted by Gasteiger charge is -2.55. The van der Waals surface area contributed by atoms with Crippen molar-refractivity contribution in [3.05, 3.63) is 35.1 Å². The highest BCUT2D eigenvalue weighted by Crippen LogP contribution is 2.35. The van der Waals surface area contributed by atoms with Crippen molar-refractivity contribution < 1.29 is 14.3 Å². The van der Waals surface area contributed by atoms with Gasteiger partial charge in [0.1, 0.15) is 5.82 Å². The Labute approximate surface area is 142 Å². The first-order valence-corrected chi connectivity index (χ1v) is 8.16. The molecular weight excluding hydrogens is 309 g/mol. The fraction of sp³-hybridized carbons (Fsp3) is 0.556. The first-order chi connectivity index (χ1) is 11.2. The summed E-state index contributed by atoms with van der Waals surface area (Å²) < 4.78 is 14.2. The summed E-state index contributed by atoms with van der Waals surface area (Å²) in [4.78, 5) is 16.5. The van der Waals surface area contributed by atoms with E-state index in [1.165, 1.54) is 12.1 Å². The third-order valence-electron chi connectivity index (χ3n) is 5.36. The number of hydrogen-bond acceptors (Lipinski definition) is 4. The molecule has 0 saturated carbocycles. The summed E-state index contributed by atoms with van der Waals surface area (Å²) in [6.07, 6.45) is 0.458. The molecule has 1 aromatic rings. The maximum atomic E-state index is 14.2. The van der Waals surface area contributed by atoms with Crippen LogP contribution in [0.25, 0.3) is 0 Å². The van der Waals surface area contributed by atoms with Crippen molar-refractivity contribution in [3.63, 3.8) is 0 Å². The van der Waals surface area contributed by atoms with Crippen LogP contribution in [-0.4, -0.2) is 52.7 Å². The van der Waals surface area contributed by atoms with Gasteiger partial charge >= 0.3 is 0 Å². The third-order valence-corrected chi connectivity index (χ3v) is 5.36. The van der Waals surface area contributed by atoms with Gasteiger partial charge < -0.3 is 10.0 Å². The van der Waals surface area contributed by atoms with Crippen LogP contribution in [0, 0.1) is 23.1 Å². The number of hydrogen-bond donors (Lipinski definition) is 1. The minimum Gasteiger partial charge on any atom is -0.390 e. The number of aliphatic hydroxyl groups excluding tert-OH is 1. The van der Waals surface area contributed by atoms with E-state index >= 15 is 0 Å². The normalized spacial score (nSPS) is 19.0. The summed E-state index contributed by atoms with van der Waals surface area (Å²) in [5.74, 6) is -0.984. The molecule has 1 heterocycles. The molecule has 24 heavy (non-hydrogen) atoms. The van der Waals surface area contributed by atoms with E-state index in [1.807, 2.05) is 31.7 Å². The van der Waals surface area contributed by atoms with Crippen molar-refractivity contribution >= 4 is 5.91 Å². The topological polar surface area (TPSA) is 67.6 Å². The lowest BCUT2D eigenvalue weighted by Crippen LogP contribution is -2.70. The lowest BCUT2D eigenvalue weighted by molar-refractivity contribution is -0.134. The number of amides is 1. The molecule has 2 rings (SSSR count). The van der Waals surface area contributed by atoms with Gasteiger partial charge in [0.25, 0.3) is 5.91 Å². The molecule has 5 nitrogen and oxygen atoms in total. The van der Waals surface area contributed by atoms with E-state index in [0.717, 1.165) is 12.5 Å². The number of nitriles is 1. The molecule has 0 bridgehead atoms. The number of likely N-dealkylation sites (tertiary alicyclic amines) is 1. The van der Waals surface area contributed by atoms with Crippen LogP contribution in [0.2, 0.25) is 0 Å². The van der Waals surface area contributed by atoms with Crippen molar-refractivity contribution in [2.75, 3.05) is 20.1 Å². The van der Waals surface area contributed by atoms with E-state index in [-0.39, 0.29) is 23.1 Å². The number of rotatable bonds is 5. The van der Waals surface area contributed by atoms with E-state index in [1.54, 1.807) is 11.9 Å². The zero-order valence-electron chi connectivity index (χ0n) is 14.6. The molecule has 1 aromatic carbocycles. The molecule has 1 amide bonds. The molecule has 0 unspecified atom stereocenters. The molecule has 1 N–H and O–H groups in total. The quantitative estimate of drug-likeness (QED) is 0.897. The zero-order chi connectivity index (χ0) is 18.1. The molecule has 1 fully saturated rings. The second kappa shape index (κ2) is 6.88. The van der Waals surface area contributed by atoms with Crippen molar-refractivity contribution in [3.8, 4) is 6.07 Å². The van der Waals surface area contributed by atoms with E-state index in [2.05, 4.69) is 0 Å². The van der Waals surface area contributed by atoms with Crippen LogP contribution in [0.1, 0.15) is 43.1 Å². The fourth-order valence-corrected chi connectivity index (χ4v) is 3.21. The molecule has 6 heteroatoms. The number of carbonyl (C=O) groups excluding carboxylic acids is 1. The monoisotopic (exact) mass is 333 g/mol. The average molecular weight is 333 g/mol. The highest BCUT2D eigenvalue weighted by Gasteiger charge is 2.47. The van der Waals surface area contributed by atoms with E-state index < -0.39 is 17.4 Å². The number of halogens is 1. The number of aliphatic hydroxyl groups is 1. The number of carbonyl (C=O) groups is 1. The first kappa shape index (κ1) is 18.4. The van der Waals surface area contributed by atoms with Crippen LogP contribution in [-0.2, 0) is 0 Å². The number of β-amino-alcohol motifs (C(OH)–C–C–N with tert-alkyl or cyclic N) is 1. The standard InChI is InChI=1S/C18H24FN3O2/c1-5-12(2)18(3,22-10-14(23)11-22)21(4)17(24)15-7-6-13(9-20)8-16(15)19/h6-8,12,14,23H,5,10-11H2,1-4H3/t12-,18+/m0/s1. The van der Waals surface area contributed by atoms with Crippen LogP contribution in [0.15, 0.2) is 18.2 Å². The molecule has 1 aliphatic heterocycles. The molecule has 130 valence electrons. The maximum Gasteiger partial charge on any atom is 0.258 e. The van der Waals surface area contributed by atoms with Gasteiger partial charge in [-0.1, -0.05) is 20.3 Å². The SMILES string of the molecule is CC[C@H](C)[C@@](C)(N1CC(O)C1)N(C)C(=O)c1ccc(C#N)cc1F. The van der Waals surface area contributed by atoms with Crippen LogP contribution < -0.4 is 0 Å². The van der Waals surface area contributed by atoms with Crippen LogP contribution >= 0.6 is 0 Å². The smallest absolute Gasteiger partial charge is 0.258 e. The van der Waals surface area contributed by atoms with Crippen LogP contribution in [0.5, 0.6) is 0 Å². The van der Waals surface area contributed by atoms with Gasteiger partial charge in [-0.15, -0.1) is 0 Å².